The Hall–Kier alpha value is -2.40. The third kappa shape index (κ3) is 2.80. The van der Waals surface area contributed by atoms with E-state index in [1.54, 1.807) is 24.3 Å². The van der Waals surface area contributed by atoms with Crippen LogP contribution in [0.15, 0.2) is 59.6 Å². The number of hydrogen-bond acceptors (Lipinski definition) is 3. The Morgan fingerprint density at radius 3 is 2.36 bits per heavy atom. The third-order valence-corrected chi connectivity index (χ3v) is 4.65. The molecule has 1 heterocycles. The molecule has 1 aromatic heterocycles. The predicted molar refractivity (Wildman–Crippen MR) is 87.3 cm³/mol. The van der Waals surface area contributed by atoms with Gasteiger partial charge in [0.25, 0.3) is 0 Å². The number of aromatic amines is 1. The first-order chi connectivity index (χ1) is 10.4. The van der Waals surface area contributed by atoms with Crippen LogP contribution < -0.4 is 0 Å². The van der Waals surface area contributed by atoms with Crippen molar-refractivity contribution in [1.82, 2.24) is 10.2 Å². The number of aromatic nitrogens is 2. The average molecular weight is 312 g/mol. The number of benzene rings is 2. The smallest absolute Gasteiger partial charge is 0.175 e. The van der Waals surface area contributed by atoms with E-state index < -0.39 is 9.84 Å². The van der Waals surface area contributed by atoms with E-state index in [0.29, 0.717) is 4.90 Å². The Morgan fingerprint density at radius 1 is 1.00 bits per heavy atom. The summed E-state index contributed by atoms with van der Waals surface area (Å²) >= 11 is 0. The SMILES string of the molecule is Cc1cccc(-c2c[nH]nc2-c2ccc(S(C)(=O)=O)cc2)c1. The number of hydrogen-bond donors (Lipinski definition) is 1. The minimum atomic E-state index is -3.18. The van der Waals surface area contributed by atoms with E-state index in [-0.39, 0.29) is 0 Å². The Balaban J connectivity index is 2.06. The Kier molecular flexibility index (Phi) is 3.58. The Bertz CT molecular complexity index is 910. The molecule has 5 heteroatoms. The van der Waals surface area contributed by atoms with Gasteiger partial charge in [-0.3, -0.25) is 5.10 Å². The van der Waals surface area contributed by atoms with Crippen LogP contribution in [-0.4, -0.2) is 24.9 Å². The minimum absolute atomic E-state index is 0.309. The number of nitrogens with zero attached hydrogens (tertiary/aromatic N) is 1. The fourth-order valence-electron chi connectivity index (χ4n) is 2.40. The van der Waals surface area contributed by atoms with Crippen LogP contribution >= 0.6 is 0 Å². The van der Waals surface area contributed by atoms with Gasteiger partial charge in [0.05, 0.1) is 10.6 Å². The van der Waals surface area contributed by atoms with E-state index in [2.05, 4.69) is 16.3 Å². The zero-order valence-electron chi connectivity index (χ0n) is 12.4. The van der Waals surface area contributed by atoms with Crippen molar-refractivity contribution < 1.29 is 8.42 Å². The Labute approximate surface area is 129 Å². The molecule has 0 atom stereocenters. The molecule has 0 spiro atoms. The zero-order valence-corrected chi connectivity index (χ0v) is 13.2. The van der Waals surface area contributed by atoms with E-state index in [0.717, 1.165) is 22.4 Å². The first kappa shape index (κ1) is 14.5. The van der Waals surface area contributed by atoms with E-state index in [1.165, 1.54) is 11.8 Å². The summed E-state index contributed by atoms with van der Waals surface area (Å²) in [5.74, 6) is 0. The molecule has 1 N–H and O–H groups in total. The van der Waals surface area contributed by atoms with Gasteiger partial charge in [-0.2, -0.15) is 5.10 Å². The molecule has 0 fully saturated rings. The summed E-state index contributed by atoms with van der Waals surface area (Å²) < 4.78 is 23.1. The zero-order chi connectivity index (χ0) is 15.7. The van der Waals surface area contributed by atoms with Crippen LogP contribution in [0, 0.1) is 6.92 Å². The number of sulfone groups is 1. The second-order valence-corrected chi connectivity index (χ2v) is 7.33. The van der Waals surface area contributed by atoms with Gasteiger partial charge in [0.2, 0.25) is 0 Å². The van der Waals surface area contributed by atoms with Crippen molar-refractivity contribution in [3.05, 3.63) is 60.3 Å². The van der Waals surface area contributed by atoms with Gasteiger partial charge in [0, 0.05) is 23.6 Å². The first-order valence-electron chi connectivity index (χ1n) is 6.86. The molecule has 0 saturated heterocycles. The summed E-state index contributed by atoms with van der Waals surface area (Å²) in [6.45, 7) is 2.05. The number of nitrogens with one attached hydrogen (secondary N) is 1. The second kappa shape index (κ2) is 5.42. The largest absolute Gasteiger partial charge is 0.284 e. The molecule has 0 aliphatic rings. The van der Waals surface area contributed by atoms with Gasteiger partial charge in [0.1, 0.15) is 0 Å². The number of aryl methyl sites for hydroxylation is 1. The monoisotopic (exact) mass is 312 g/mol. The lowest BCUT2D eigenvalue weighted by atomic mass is 10.0. The fraction of sp³-hybridized carbons (Fsp3) is 0.118. The molecule has 0 aliphatic heterocycles. The maximum absolute atomic E-state index is 11.5. The molecule has 0 unspecified atom stereocenters. The average Bonchev–Trinajstić information content (AvgIpc) is 2.96. The highest BCUT2D eigenvalue weighted by Gasteiger charge is 2.12. The molecule has 3 rings (SSSR count). The second-order valence-electron chi connectivity index (χ2n) is 5.31. The quantitative estimate of drug-likeness (QED) is 0.805. The van der Waals surface area contributed by atoms with Crippen molar-refractivity contribution in [3.63, 3.8) is 0 Å². The molecule has 0 saturated carbocycles. The molecule has 0 amide bonds. The molecule has 3 aromatic rings. The molecule has 2 aromatic carbocycles. The van der Waals surface area contributed by atoms with Gasteiger partial charge < -0.3 is 0 Å². The van der Waals surface area contributed by atoms with Crippen molar-refractivity contribution in [2.75, 3.05) is 6.26 Å². The molecular formula is C17H16N2O2S. The van der Waals surface area contributed by atoms with Crippen molar-refractivity contribution in [2.45, 2.75) is 11.8 Å². The van der Waals surface area contributed by atoms with Crippen LogP contribution in [0.1, 0.15) is 5.56 Å². The maximum Gasteiger partial charge on any atom is 0.175 e. The minimum Gasteiger partial charge on any atom is -0.284 e. The molecule has 4 nitrogen and oxygen atoms in total. The Morgan fingerprint density at radius 2 is 1.73 bits per heavy atom. The maximum atomic E-state index is 11.5. The van der Waals surface area contributed by atoms with Crippen molar-refractivity contribution in [3.8, 4) is 22.4 Å². The van der Waals surface area contributed by atoms with Gasteiger partial charge in [-0.15, -0.1) is 0 Å². The normalized spacial score (nSPS) is 11.5. The fourth-order valence-corrected chi connectivity index (χ4v) is 3.03. The van der Waals surface area contributed by atoms with Crippen LogP contribution in [0.5, 0.6) is 0 Å². The van der Waals surface area contributed by atoms with E-state index in [4.69, 9.17) is 0 Å². The van der Waals surface area contributed by atoms with Gasteiger partial charge in [-0.25, -0.2) is 8.42 Å². The summed E-state index contributed by atoms with van der Waals surface area (Å²) in [5, 5.41) is 7.20. The van der Waals surface area contributed by atoms with Gasteiger partial charge in [0.15, 0.2) is 9.84 Å². The lowest BCUT2D eigenvalue weighted by Gasteiger charge is -2.05. The molecular weight excluding hydrogens is 296 g/mol. The van der Waals surface area contributed by atoms with Gasteiger partial charge in [-0.1, -0.05) is 42.0 Å². The van der Waals surface area contributed by atoms with Crippen LogP contribution in [0.4, 0.5) is 0 Å². The van der Waals surface area contributed by atoms with Gasteiger partial charge >= 0.3 is 0 Å². The molecule has 22 heavy (non-hydrogen) atoms. The highest BCUT2D eigenvalue weighted by Crippen LogP contribution is 2.30. The predicted octanol–water partition coefficient (Wildman–Crippen LogP) is 3.46. The standard InChI is InChI=1S/C17H16N2O2S/c1-12-4-3-5-14(10-12)16-11-18-19-17(16)13-6-8-15(9-7-13)22(2,20)21/h3-11H,1-2H3,(H,18,19). The number of rotatable bonds is 3. The number of H-pyrrole nitrogens is 1. The molecule has 112 valence electrons. The summed E-state index contributed by atoms with van der Waals surface area (Å²) in [5.41, 5.74) is 4.94. The van der Waals surface area contributed by atoms with E-state index in [9.17, 15) is 8.42 Å². The first-order valence-corrected chi connectivity index (χ1v) is 8.75. The van der Waals surface area contributed by atoms with Crippen molar-refractivity contribution >= 4 is 9.84 Å². The van der Waals surface area contributed by atoms with Crippen LogP contribution in [0.25, 0.3) is 22.4 Å². The highest BCUT2D eigenvalue weighted by molar-refractivity contribution is 7.90. The molecule has 0 radical (unpaired) electrons. The molecule has 0 aliphatic carbocycles. The van der Waals surface area contributed by atoms with E-state index in [1.807, 2.05) is 31.3 Å². The van der Waals surface area contributed by atoms with Gasteiger partial charge in [-0.05, 0) is 24.6 Å². The van der Waals surface area contributed by atoms with E-state index >= 15 is 0 Å². The van der Waals surface area contributed by atoms with Crippen LogP contribution in [-0.2, 0) is 9.84 Å². The summed E-state index contributed by atoms with van der Waals surface area (Å²) in [7, 11) is -3.18. The third-order valence-electron chi connectivity index (χ3n) is 3.53. The summed E-state index contributed by atoms with van der Waals surface area (Å²) in [6, 6.07) is 15.0. The lowest BCUT2D eigenvalue weighted by molar-refractivity contribution is 0.602. The summed E-state index contributed by atoms with van der Waals surface area (Å²) in [6.07, 6.45) is 3.06. The van der Waals surface area contributed by atoms with Crippen LogP contribution in [0.3, 0.4) is 0 Å². The van der Waals surface area contributed by atoms with Crippen molar-refractivity contribution in [2.24, 2.45) is 0 Å². The topological polar surface area (TPSA) is 62.8 Å². The lowest BCUT2D eigenvalue weighted by Crippen LogP contribution is -1.96. The van der Waals surface area contributed by atoms with Crippen molar-refractivity contribution in [1.29, 1.82) is 0 Å². The summed E-state index contributed by atoms with van der Waals surface area (Å²) in [4.78, 5) is 0.309. The highest BCUT2D eigenvalue weighted by atomic mass is 32.2. The molecule has 0 bridgehead atoms. The van der Waals surface area contributed by atoms with Crippen LogP contribution in [0.2, 0.25) is 0 Å².